The number of aliphatic hydroxyl groups excluding tert-OH is 3. The summed E-state index contributed by atoms with van der Waals surface area (Å²) in [5.74, 6) is 0.561. The second kappa shape index (κ2) is 11.7. The lowest BCUT2D eigenvalue weighted by molar-refractivity contribution is 0.00446. The average Bonchev–Trinajstić information content (AvgIpc) is 3.44. The van der Waals surface area contributed by atoms with Gasteiger partial charge in [-0.25, -0.2) is 9.97 Å². The predicted molar refractivity (Wildman–Crippen MR) is 155 cm³/mol. The van der Waals surface area contributed by atoms with Crippen LogP contribution in [0.1, 0.15) is 53.2 Å². The van der Waals surface area contributed by atoms with E-state index in [1.165, 1.54) is 28.0 Å². The van der Waals surface area contributed by atoms with Gasteiger partial charge in [0.15, 0.2) is 0 Å². The fourth-order valence-electron chi connectivity index (χ4n) is 4.92. The standard InChI is InChI=1S/C29H37N5O3S/c1-7-15(3)26-21(8-2)33-28(38-26)23-18(6)31-29(30-13-20-16(4)10-9-11-17(20)5)34-27(23)32-22-12-19(14-35)24(36)25(22)37/h7-11,19,22,24-25,35-37H,2,12-14H2,1,3-6H3,(H2,30,31,32,34)/b15-7-/t19-,22-,24-,25+/m1/s1. The Morgan fingerprint density at radius 3 is 2.45 bits per heavy atom. The molecule has 1 aliphatic rings. The second-order valence-electron chi connectivity index (χ2n) is 9.90. The van der Waals surface area contributed by atoms with Crippen molar-refractivity contribution < 1.29 is 15.3 Å². The first kappa shape index (κ1) is 27.9. The van der Waals surface area contributed by atoms with E-state index in [0.717, 1.165) is 32.4 Å². The number of aromatic nitrogens is 3. The molecule has 5 N–H and O–H groups in total. The number of rotatable bonds is 9. The molecule has 0 spiro atoms. The number of allylic oxidation sites excluding steroid dienone is 2. The Balaban J connectivity index is 1.76. The molecule has 0 bridgehead atoms. The van der Waals surface area contributed by atoms with Gasteiger partial charge in [0.05, 0.1) is 34.0 Å². The number of nitrogens with one attached hydrogen (secondary N) is 2. The van der Waals surface area contributed by atoms with Gasteiger partial charge < -0.3 is 26.0 Å². The number of anilines is 2. The van der Waals surface area contributed by atoms with Crippen molar-refractivity contribution in [2.24, 2.45) is 5.92 Å². The molecular weight excluding hydrogens is 498 g/mol. The zero-order chi connectivity index (χ0) is 27.6. The number of aryl methyl sites for hydroxylation is 3. The van der Waals surface area contributed by atoms with E-state index < -0.39 is 24.2 Å². The van der Waals surface area contributed by atoms with Gasteiger partial charge in [-0.1, -0.05) is 30.9 Å². The molecule has 0 unspecified atom stereocenters. The molecule has 202 valence electrons. The molecular formula is C29H37N5O3S. The molecule has 38 heavy (non-hydrogen) atoms. The number of hydrogen-bond acceptors (Lipinski definition) is 9. The highest BCUT2D eigenvalue weighted by molar-refractivity contribution is 7.16. The van der Waals surface area contributed by atoms with Crippen LogP contribution in [-0.4, -0.2) is 55.1 Å². The summed E-state index contributed by atoms with van der Waals surface area (Å²) < 4.78 is 0. The van der Waals surface area contributed by atoms with Crippen LogP contribution in [-0.2, 0) is 6.54 Å². The van der Waals surface area contributed by atoms with Gasteiger partial charge in [-0.15, -0.1) is 11.3 Å². The maximum atomic E-state index is 10.7. The van der Waals surface area contributed by atoms with Crippen molar-refractivity contribution in [3.05, 3.63) is 63.8 Å². The number of benzene rings is 1. The van der Waals surface area contributed by atoms with Gasteiger partial charge in [-0.3, -0.25) is 0 Å². The maximum absolute atomic E-state index is 10.7. The van der Waals surface area contributed by atoms with Gasteiger partial charge in [0.25, 0.3) is 0 Å². The van der Waals surface area contributed by atoms with E-state index in [1.54, 1.807) is 6.08 Å². The van der Waals surface area contributed by atoms with E-state index in [0.29, 0.717) is 24.7 Å². The third-order valence-corrected chi connectivity index (χ3v) is 8.59. The van der Waals surface area contributed by atoms with Crippen molar-refractivity contribution in [3.8, 4) is 10.6 Å². The summed E-state index contributed by atoms with van der Waals surface area (Å²) in [5, 5.41) is 38.2. The third-order valence-electron chi connectivity index (χ3n) is 7.37. The van der Waals surface area contributed by atoms with Crippen LogP contribution in [0.25, 0.3) is 22.2 Å². The Morgan fingerprint density at radius 2 is 1.84 bits per heavy atom. The Hall–Kier alpha value is -3.11. The molecule has 3 aromatic rings. The van der Waals surface area contributed by atoms with E-state index in [4.69, 9.17) is 15.0 Å². The highest BCUT2D eigenvalue weighted by Crippen LogP contribution is 2.39. The molecule has 2 aromatic heterocycles. The quantitative estimate of drug-likeness (QED) is 0.267. The van der Waals surface area contributed by atoms with Crippen LogP contribution >= 0.6 is 11.3 Å². The van der Waals surface area contributed by atoms with Crippen LogP contribution in [0.5, 0.6) is 0 Å². The fraction of sp³-hybridized carbons (Fsp3) is 0.414. The molecule has 4 atom stereocenters. The van der Waals surface area contributed by atoms with Crippen molar-refractivity contribution in [1.29, 1.82) is 0 Å². The Labute approximate surface area is 228 Å². The smallest absolute Gasteiger partial charge is 0.225 e. The second-order valence-corrected chi connectivity index (χ2v) is 10.9. The van der Waals surface area contributed by atoms with Crippen LogP contribution in [0, 0.1) is 26.7 Å². The molecule has 1 fully saturated rings. The first-order valence-electron chi connectivity index (χ1n) is 12.9. The van der Waals surface area contributed by atoms with Crippen molar-refractivity contribution in [2.75, 3.05) is 17.2 Å². The molecule has 2 heterocycles. The normalized spacial score (nSPS) is 21.5. The number of nitrogens with zero attached hydrogens (tertiary/aromatic N) is 3. The van der Waals surface area contributed by atoms with Gasteiger partial charge in [0, 0.05) is 19.1 Å². The lowest BCUT2D eigenvalue weighted by Gasteiger charge is -2.21. The van der Waals surface area contributed by atoms with Crippen LogP contribution in [0.2, 0.25) is 0 Å². The molecule has 0 saturated heterocycles. The first-order valence-corrected chi connectivity index (χ1v) is 13.7. The number of thiazole rings is 1. The highest BCUT2D eigenvalue weighted by Gasteiger charge is 2.41. The van der Waals surface area contributed by atoms with Crippen molar-refractivity contribution in [1.82, 2.24) is 15.0 Å². The summed E-state index contributed by atoms with van der Waals surface area (Å²) in [7, 11) is 0. The Kier molecular flexibility index (Phi) is 8.62. The predicted octanol–water partition coefficient (Wildman–Crippen LogP) is 4.72. The summed E-state index contributed by atoms with van der Waals surface area (Å²) in [5.41, 5.74) is 6.92. The molecule has 0 aliphatic heterocycles. The molecule has 4 rings (SSSR count). The Morgan fingerprint density at radius 1 is 1.13 bits per heavy atom. The monoisotopic (exact) mass is 535 g/mol. The van der Waals surface area contributed by atoms with Crippen LogP contribution in [0.4, 0.5) is 11.8 Å². The van der Waals surface area contributed by atoms with E-state index >= 15 is 0 Å². The number of aliphatic hydroxyl groups is 3. The molecule has 8 nitrogen and oxygen atoms in total. The minimum atomic E-state index is -1.04. The summed E-state index contributed by atoms with van der Waals surface area (Å²) >= 11 is 1.54. The maximum Gasteiger partial charge on any atom is 0.225 e. The SMILES string of the molecule is C=Cc1nc(-c2c(C)nc(NCc3c(C)cccc3C)nc2N[C@@H]2C[C@H](CO)[C@@H](O)[C@H]2O)sc1/C(C)=C\C. The molecule has 1 aliphatic carbocycles. The summed E-state index contributed by atoms with van der Waals surface area (Å²) in [6.45, 7) is 14.4. The van der Waals surface area contributed by atoms with Gasteiger partial charge in [-0.05, 0) is 69.4 Å². The summed E-state index contributed by atoms with van der Waals surface area (Å²) in [6, 6.07) is 5.72. The molecule has 0 radical (unpaired) electrons. The zero-order valence-electron chi connectivity index (χ0n) is 22.6. The van der Waals surface area contributed by atoms with Gasteiger partial charge in [-0.2, -0.15) is 4.98 Å². The largest absolute Gasteiger partial charge is 0.396 e. The van der Waals surface area contributed by atoms with Crippen LogP contribution in [0.15, 0.2) is 30.9 Å². The van der Waals surface area contributed by atoms with Crippen molar-refractivity contribution in [2.45, 2.75) is 65.8 Å². The fourth-order valence-corrected chi connectivity index (χ4v) is 6.12. The first-order chi connectivity index (χ1) is 18.2. The van der Waals surface area contributed by atoms with Gasteiger partial charge in [0.1, 0.15) is 16.9 Å². The minimum absolute atomic E-state index is 0.199. The van der Waals surface area contributed by atoms with Crippen molar-refractivity contribution >= 4 is 34.8 Å². The van der Waals surface area contributed by atoms with Crippen molar-refractivity contribution in [3.63, 3.8) is 0 Å². The number of hydrogen-bond donors (Lipinski definition) is 5. The van der Waals surface area contributed by atoms with E-state index in [-0.39, 0.29) is 6.61 Å². The molecule has 1 aromatic carbocycles. The molecule has 1 saturated carbocycles. The van der Waals surface area contributed by atoms with E-state index in [1.807, 2.05) is 32.9 Å². The van der Waals surface area contributed by atoms with Gasteiger partial charge >= 0.3 is 0 Å². The van der Waals surface area contributed by atoms with Crippen LogP contribution < -0.4 is 10.6 Å². The van der Waals surface area contributed by atoms with E-state index in [2.05, 4.69) is 43.2 Å². The van der Waals surface area contributed by atoms with E-state index in [9.17, 15) is 15.3 Å². The lowest BCUT2D eigenvalue weighted by atomic mass is 10.0. The third kappa shape index (κ3) is 5.51. The lowest BCUT2D eigenvalue weighted by Crippen LogP contribution is -2.35. The average molecular weight is 536 g/mol. The summed E-state index contributed by atoms with van der Waals surface area (Å²) in [6.07, 6.45) is 2.14. The Bertz CT molecular complexity index is 1330. The topological polar surface area (TPSA) is 123 Å². The van der Waals surface area contributed by atoms with Gasteiger partial charge in [0.2, 0.25) is 5.95 Å². The van der Waals surface area contributed by atoms with Crippen LogP contribution in [0.3, 0.4) is 0 Å². The minimum Gasteiger partial charge on any atom is -0.396 e. The molecule has 0 amide bonds. The summed E-state index contributed by atoms with van der Waals surface area (Å²) in [4.78, 5) is 15.5. The highest BCUT2D eigenvalue weighted by atomic mass is 32.1. The molecule has 9 heteroatoms. The zero-order valence-corrected chi connectivity index (χ0v) is 23.4.